The number of benzene rings is 1. The highest BCUT2D eigenvalue weighted by Crippen LogP contribution is 2.28. The van der Waals surface area contributed by atoms with Gasteiger partial charge < -0.3 is 15.5 Å². The minimum Gasteiger partial charge on any atom is -0.357 e. The number of aliphatic imine (C=N–C) groups is 1. The highest BCUT2D eigenvalue weighted by Gasteiger charge is 2.24. The van der Waals surface area contributed by atoms with Gasteiger partial charge >= 0.3 is 0 Å². The molecular weight excluding hydrogens is 356 g/mol. The number of carbonyl (C=O) groups is 1. The molecular formula is C21H34N4OS. The fourth-order valence-corrected chi connectivity index (χ4v) is 4.21. The van der Waals surface area contributed by atoms with Gasteiger partial charge in [-0.2, -0.15) is 11.8 Å². The lowest BCUT2D eigenvalue weighted by atomic mass is 10.1. The number of nitrogens with zero attached hydrogens (tertiary/aromatic N) is 2. The molecule has 2 N–H and O–H groups in total. The van der Waals surface area contributed by atoms with Gasteiger partial charge in [-0.05, 0) is 64.0 Å². The molecule has 0 aliphatic heterocycles. The van der Waals surface area contributed by atoms with Crippen LogP contribution >= 0.6 is 11.8 Å². The highest BCUT2D eigenvalue weighted by atomic mass is 32.2. The first-order valence-corrected chi connectivity index (χ1v) is 11.4. The molecule has 0 saturated heterocycles. The maximum Gasteiger partial charge on any atom is 0.253 e. The molecule has 0 radical (unpaired) electrons. The van der Waals surface area contributed by atoms with E-state index in [1.807, 2.05) is 54.8 Å². The lowest BCUT2D eigenvalue weighted by Gasteiger charge is -2.18. The molecule has 2 atom stereocenters. The Morgan fingerprint density at radius 3 is 2.44 bits per heavy atom. The van der Waals surface area contributed by atoms with E-state index in [1.54, 1.807) is 0 Å². The topological polar surface area (TPSA) is 56.7 Å². The molecule has 1 aliphatic rings. The smallest absolute Gasteiger partial charge is 0.253 e. The van der Waals surface area contributed by atoms with Crippen molar-refractivity contribution in [2.75, 3.05) is 25.9 Å². The normalized spacial score (nSPS) is 19.8. The molecule has 27 heavy (non-hydrogen) atoms. The number of thioether (sulfide) groups is 1. The van der Waals surface area contributed by atoms with Crippen molar-refractivity contribution in [1.29, 1.82) is 0 Å². The largest absolute Gasteiger partial charge is 0.357 e. The SMILES string of the molecule is CCNC(=NCc1ccc(C(=O)N(CC)CC)cc1)NC1CCC(SC)C1. The number of carbonyl (C=O) groups excluding carboxylic acids is 1. The second-order valence-electron chi connectivity index (χ2n) is 6.88. The molecule has 6 heteroatoms. The fraction of sp³-hybridized carbons (Fsp3) is 0.619. The molecule has 1 aromatic rings. The van der Waals surface area contributed by atoms with Crippen molar-refractivity contribution in [3.8, 4) is 0 Å². The van der Waals surface area contributed by atoms with Gasteiger partial charge in [0.2, 0.25) is 0 Å². The summed E-state index contributed by atoms with van der Waals surface area (Å²) in [5.74, 6) is 0.974. The quantitative estimate of drug-likeness (QED) is 0.527. The average molecular weight is 391 g/mol. The summed E-state index contributed by atoms with van der Waals surface area (Å²) in [6.07, 6.45) is 5.88. The number of guanidine groups is 1. The zero-order valence-electron chi connectivity index (χ0n) is 17.1. The Balaban J connectivity index is 1.96. The first-order valence-electron chi connectivity index (χ1n) is 10.1. The molecule has 0 aromatic heterocycles. The summed E-state index contributed by atoms with van der Waals surface area (Å²) >= 11 is 1.96. The summed E-state index contributed by atoms with van der Waals surface area (Å²) in [5.41, 5.74) is 1.85. The highest BCUT2D eigenvalue weighted by molar-refractivity contribution is 7.99. The summed E-state index contributed by atoms with van der Waals surface area (Å²) in [5, 5.41) is 7.68. The van der Waals surface area contributed by atoms with E-state index in [-0.39, 0.29) is 5.91 Å². The second kappa shape index (κ2) is 11.2. The van der Waals surface area contributed by atoms with Crippen LogP contribution in [0.4, 0.5) is 0 Å². The number of rotatable bonds is 8. The Hall–Kier alpha value is -1.69. The first-order chi connectivity index (χ1) is 13.1. The van der Waals surface area contributed by atoms with Crippen molar-refractivity contribution in [2.24, 2.45) is 4.99 Å². The minimum atomic E-state index is 0.0923. The van der Waals surface area contributed by atoms with E-state index in [0.29, 0.717) is 12.6 Å². The molecule has 5 nitrogen and oxygen atoms in total. The molecule has 1 saturated carbocycles. The maximum atomic E-state index is 12.4. The van der Waals surface area contributed by atoms with Crippen molar-refractivity contribution in [1.82, 2.24) is 15.5 Å². The summed E-state index contributed by atoms with van der Waals surface area (Å²) in [6.45, 7) is 9.02. The molecule has 0 bridgehead atoms. The van der Waals surface area contributed by atoms with E-state index in [4.69, 9.17) is 4.99 Å². The van der Waals surface area contributed by atoms with E-state index in [9.17, 15) is 4.79 Å². The molecule has 0 spiro atoms. The van der Waals surface area contributed by atoms with Gasteiger partial charge in [0.25, 0.3) is 5.91 Å². The van der Waals surface area contributed by atoms with Gasteiger partial charge in [0, 0.05) is 36.5 Å². The summed E-state index contributed by atoms with van der Waals surface area (Å²) in [6, 6.07) is 8.33. The first kappa shape index (κ1) is 21.6. The number of hydrogen-bond donors (Lipinski definition) is 2. The van der Waals surface area contributed by atoms with Crippen LogP contribution < -0.4 is 10.6 Å². The van der Waals surface area contributed by atoms with Gasteiger partial charge in [-0.1, -0.05) is 12.1 Å². The van der Waals surface area contributed by atoms with Crippen LogP contribution in [0.5, 0.6) is 0 Å². The van der Waals surface area contributed by atoms with Crippen LogP contribution in [-0.2, 0) is 6.54 Å². The van der Waals surface area contributed by atoms with Gasteiger partial charge in [0.15, 0.2) is 5.96 Å². The molecule has 1 aromatic carbocycles. The lowest BCUT2D eigenvalue weighted by molar-refractivity contribution is 0.0773. The van der Waals surface area contributed by atoms with Crippen LogP contribution in [0, 0.1) is 0 Å². The third kappa shape index (κ3) is 6.45. The maximum absolute atomic E-state index is 12.4. The van der Waals surface area contributed by atoms with E-state index >= 15 is 0 Å². The molecule has 1 amide bonds. The van der Waals surface area contributed by atoms with E-state index < -0.39 is 0 Å². The molecule has 1 aliphatic carbocycles. The van der Waals surface area contributed by atoms with Crippen molar-refractivity contribution >= 4 is 23.6 Å². The Morgan fingerprint density at radius 1 is 1.19 bits per heavy atom. The van der Waals surface area contributed by atoms with Crippen molar-refractivity contribution in [3.63, 3.8) is 0 Å². The van der Waals surface area contributed by atoms with Crippen LogP contribution in [0.25, 0.3) is 0 Å². The van der Waals surface area contributed by atoms with Crippen LogP contribution in [0.3, 0.4) is 0 Å². The molecule has 2 rings (SSSR count). The van der Waals surface area contributed by atoms with Crippen molar-refractivity contribution < 1.29 is 4.79 Å². The number of nitrogens with one attached hydrogen (secondary N) is 2. The van der Waals surface area contributed by atoms with Crippen LogP contribution in [0.1, 0.15) is 56.0 Å². The van der Waals surface area contributed by atoms with E-state index in [1.165, 1.54) is 19.3 Å². The van der Waals surface area contributed by atoms with Crippen molar-refractivity contribution in [2.45, 2.75) is 57.9 Å². The summed E-state index contributed by atoms with van der Waals surface area (Å²) in [7, 11) is 0. The molecule has 2 unspecified atom stereocenters. The third-order valence-electron chi connectivity index (χ3n) is 5.07. The predicted octanol–water partition coefficient (Wildman–Crippen LogP) is 3.51. The third-order valence-corrected chi connectivity index (χ3v) is 6.17. The zero-order chi connectivity index (χ0) is 19.6. The van der Waals surface area contributed by atoms with E-state index in [2.05, 4.69) is 23.8 Å². The lowest BCUT2D eigenvalue weighted by Crippen LogP contribution is -2.42. The van der Waals surface area contributed by atoms with Gasteiger partial charge in [0.05, 0.1) is 6.54 Å². The van der Waals surface area contributed by atoms with Gasteiger partial charge in [-0.25, -0.2) is 4.99 Å². The van der Waals surface area contributed by atoms with Gasteiger partial charge in [-0.3, -0.25) is 4.79 Å². The molecule has 150 valence electrons. The standard InChI is InChI=1S/C21H34N4OS/c1-5-22-21(24-18-12-13-19(14-18)27-4)23-15-16-8-10-17(11-9-16)20(26)25(6-2)7-3/h8-11,18-19H,5-7,12-15H2,1-4H3,(H2,22,23,24). The Bertz CT molecular complexity index is 613. The molecule has 1 fully saturated rings. The van der Waals surface area contributed by atoms with Gasteiger partial charge in [0.1, 0.15) is 0 Å². The van der Waals surface area contributed by atoms with Crippen LogP contribution in [-0.4, -0.2) is 53.9 Å². The summed E-state index contributed by atoms with van der Waals surface area (Å²) < 4.78 is 0. The second-order valence-corrected chi connectivity index (χ2v) is 8.02. The van der Waals surface area contributed by atoms with Crippen LogP contribution in [0.15, 0.2) is 29.3 Å². The fourth-order valence-electron chi connectivity index (χ4n) is 3.42. The minimum absolute atomic E-state index is 0.0923. The monoisotopic (exact) mass is 390 g/mol. The Kier molecular flexibility index (Phi) is 8.98. The predicted molar refractivity (Wildman–Crippen MR) is 117 cm³/mol. The number of hydrogen-bond acceptors (Lipinski definition) is 3. The van der Waals surface area contributed by atoms with Gasteiger partial charge in [-0.15, -0.1) is 0 Å². The Labute approximate surface area is 168 Å². The summed E-state index contributed by atoms with van der Waals surface area (Å²) in [4.78, 5) is 19.0. The van der Waals surface area contributed by atoms with E-state index in [0.717, 1.165) is 42.0 Å². The average Bonchev–Trinajstić information content (AvgIpc) is 3.15. The molecule has 0 heterocycles. The Morgan fingerprint density at radius 2 is 1.89 bits per heavy atom. The number of amides is 1. The van der Waals surface area contributed by atoms with Crippen LogP contribution in [0.2, 0.25) is 0 Å². The van der Waals surface area contributed by atoms with Crippen molar-refractivity contribution in [3.05, 3.63) is 35.4 Å². The zero-order valence-corrected chi connectivity index (χ0v) is 17.9.